The first kappa shape index (κ1) is 39.7. The second-order valence-electron chi connectivity index (χ2n) is 14.2. The van der Waals surface area contributed by atoms with Gasteiger partial charge in [-0.05, 0) is 60.3 Å². The lowest BCUT2D eigenvalue weighted by molar-refractivity contribution is -0.135. The molecule has 15 heteroatoms. The zero-order valence-corrected chi connectivity index (χ0v) is 32.2. The lowest BCUT2D eigenvalue weighted by Gasteiger charge is -2.30. The number of H-pyrrole nitrogens is 2. The maximum Gasteiger partial charge on any atom is 0.407 e. The molecule has 56 heavy (non-hydrogen) atoms. The highest BCUT2D eigenvalue weighted by atomic mass is 16.5. The summed E-state index contributed by atoms with van der Waals surface area (Å²) in [7, 11) is 2.55. The number of allylic oxidation sites excluding steroid dienone is 1. The highest BCUT2D eigenvalue weighted by molar-refractivity contribution is 5.87. The van der Waals surface area contributed by atoms with Gasteiger partial charge in [-0.3, -0.25) is 9.59 Å². The maximum atomic E-state index is 13.5. The summed E-state index contributed by atoms with van der Waals surface area (Å²) in [6.07, 6.45) is 9.20. The van der Waals surface area contributed by atoms with Crippen LogP contribution in [0.5, 0.6) is 0 Å². The van der Waals surface area contributed by atoms with E-state index in [1.165, 1.54) is 14.2 Å². The van der Waals surface area contributed by atoms with Gasteiger partial charge >= 0.3 is 12.2 Å². The van der Waals surface area contributed by atoms with E-state index in [0.29, 0.717) is 50.7 Å². The van der Waals surface area contributed by atoms with Crippen molar-refractivity contribution in [3.63, 3.8) is 0 Å². The van der Waals surface area contributed by atoms with Crippen LogP contribution in [0.3, 0.4) is 0 Å². The molecule has 0 radical (unpaired) electrons. The Hall–Kier alpha value is -5.96. The lowest BCUT2D eigenvalue weighted by Crippen LogP contribution is -2.51. The monoisotopic (exact) mass is 766 g/mol. The van der Waals surface area contributed by atoms with E-state index >= 15 is 0 Å². The van der Waals surface area contributed by atoms with Gasteiger partial charge < -0.3 is 45.0 Å². The molecular weight excluding hydrogens is 716 g/mol. The van der Waals surface area contributed by atoms with E-state index in [1.807, 2.05) is 62.4 Å². The molecule has 2 aliphatic heterocycles. The summed E-state index contributed by atoms with van der Waals surface area (Å²) in [6, 6.07) is 14.2. The average Bonchev–Trinajstić information content (AvgIpc) is 4.01. The van der Waals surface area contributed by atoms with E-state index in [9.17, 15) is 19.2 Å². The van der Waals surface area contributed by atoms with Crippen molar-refractivity contribution in [3.8, 4) is 33.6 Å². The fourth-order valence-electron chi connectivity index (χ4n) is 7.01. The molecule has 1 fully saturated rings. The molecule has 5 N–H and O–H groups in total. The summed E-state index contributed by atoms with van der Waals surface area (Å²) in [6.45, 7) is 5.25. The van der Waals surface area contributed by atoms with E-state index in [4.69, 9.17) is 14.2 Å². The van der Waals surface area contributed by atoms with Crippen LogP contribution < -0.4 is 16.0 Å². The molecule has 296 valence electrons. The van der Waals surface area contributed by atoms with Gasteiger partial charge in [-0.25, -0.2) is 19.6 Å². The molecule has 4 atom stereocenters. The number of ether oxygens (including phenoxy) is 3. The Labute approximate surface area is 326 Å². The quantitative estimate of drug-likeness (QED) is 0.131. The molecule has 2 aromatic carbocycles. The number of likely N-dealkylation sites (tertiary alicyclic amines) is 1. The minimum absolute atomic E-state index is 0.110. The minimum Gasteiger partial charge on any atom is -0.453 e. The van der Waals surface area contributed by atoms with Crippen LogP contribution in [0.25, 0.3) is 33.6 Å². The minimum atomic E-state index is -0.759. The molecule has 6 rings (SSSR count). The average molecular weight is 767 g/mol. The number of nitrogens with zero attached hydrogens (tertiary/aromatic N) is 3. The molecule has 2 aliphatic rings. The third kappa shape index (κ3) is 9.63. The van der Waals surface area contributed by atoms with Gasteiger partial charge in [0, 0.05) is 13.2 Å². The second kappa shape index (κ2) is 18.6. The van der Waals surface area contributed by atoms with Gasteiger partial charge in [-0.1, -0.05) is 74.5 Å². The van der Waals surface area contributed by atoms with Crippen molar-refractivity contribution in [2.24, 2.45) is 5.92 Å². The Kier molecular flexibility index (Phi) is 13.2. The van der Waals surface area contributed by atoms with E-state index in [-0.39, 0.29) is 23.8 Å². The summed E-state index contributed by atoms with van der Waals surface area (Å²) < 4.78 is 15.2. The Morgan fingerprint density at radius 1 is 0.821 bits per heavy atom. The number of hydrogen-bond acceptors (Lipinski definition) is 9. The van der Waals surface area contributed by atoms with Gasteiger partial charge in [-0.2, -0.15) is 0 Å². The highest BCUT2D eigenvalue weighted by Gasteiger charge is 2.37. The summed E-state index contributed by atoms with van der Waals surface area (Å²) in [5, 5.41) is 8.36. The van der Waals surface area contributed by atoms with Crippen molar-refractivity contribution in [1.82, 2.24) is 40.8 Å². The number of carbonyl (C=O) groups is 4. The zero-order chi connectivity index (χ0) is 39.6. The molecule has 15 nitrogen and oxygen atoms in total. The van der Waals surface area contributed by atoms with E-state index < -0.39 is 30.3 Å². The van der Waals surface area contributed by atoms with Crippen LogP contribution in [0, 0.1) is 5.92 Å². The van der Waals surface area contributed by atoms with Crippen LogP contribution in [0.1, 0.15) is 69.7 Å². The Bertz CT molecular complexity index is 1990. The van der Waals surface area contributed by atoms with Crippen LogP contribution >= 0.6 is 0 Å². The SMILES string of the molecule is COC(=O)N[C@H]1CC/C=C\COCC[C@@H](c2ncc(-c3ccc(-c4ccc(-c5cnc([C@@H]6CCCN6C(=O)[C@@H](NC(=O)OC)C(C)C)[nH]5)cc4)cc3)[nH]2)NC1=O. The van der Waals surface area contributed by atoms with Crippen LogP contribution in [0.2, 0.25) is 0 Å². The molecule has 2 aromatic heterocycles. The number of nitrogens with one attached hydrogen (secondary N) is 5. The molecule has 0 saturated carbocycles. The fraction of sp³-hybridized carbons (Fsp3) is 0.415. The van der Waals surface area contributed by atoms with Gasteiger partial charge in [0.1, 0.15) is 23.7 Å². The van der Waals surface area contributed by atoms with Crippen molar-refractivity contribution < 1.29 is 33.4 Å². The predicted molar refractivity (Wildman–Crippen MR) is 209 cm³/mol. The van der Waals surface area contributed by atoms with Crippen molar-refractivity contribution in [2.75, 3.05) is 34.0 Å². The molecule has 4 amide bonds. The lowest BCUT2D eigenvalue weighted by atomic mass is 10.0. The third-order valence-electron chi connectivity index (χ3n) is 10.2. The number of amides is 4. The summed E-state index contributed by atoms with van der Waals surface area (Å²) in [4.78, 5) is 68.5. The topological polar surface area (TPSA) is 193 Å². The Balaban J connectivity index is 1.11. The molecule has 0 spiro atoms. The highest BCUT2D eigenvalue weighted by Crippen LogP contribution is 2.33. The summed E-state index contributed by atoms with van der Waals surface area (Å²) in [5.41, 5.74) is 5.61. The number of benzene rings is 2. The number of alkyl carbamates (subject to hydrolysis) is 2. The summed E-state index contributed by atoms with van der Waals surface area (Å²) >= 11 is 0. The van der Waals surface area contributed by atoms with E-state index in [2.05, 4.69) is 48.0 Å². The second-order valence-corrected chi connectivity index (χ2v) is 14.2. The molecule has 4 aromatic rings. The molecule has 0 bridgehead atoms. The number of hydrogen-bond donors (Lipinski definition) is 5. The number of methoxy groups -OCH3 is 2. The van der Waals surface area contributed by atoms with Crippen LogP contribution in [0.4, 0.5) is 9.59 Å². The maximum absolute atomic E-state index is 13.5. The molecule has 0 unspecified atom stereocenters. The van der Waals surface area contributed by atoms with Crippen molar-refractivity contribution >= 4 is 24.0 Å². The number of imidazole rings is 2. The van der Waals surface area contributed by atoms with Crippen LogP contribution in [-0.4, -0.2) is 94.9 Å². The first-order chi connectivity index (χ1) is 27.1. The van der Waals surface area contributed by atoms with E-state index in [1.54, 1.807) is 17.3 Å². The third-order valence-corrected chi connectivity index (χ3v) is 10.2. The Morgan fingerprint density at radius 3 is 2.05 bits per heavy atom. The molecule has 1 saturated heterocycles. The van der Waals surface area contributed by atoms with Gasteiger partial charge in [0.15, 0.2) is 0 Å². The van der Waals surface area contributed by atoms with Crippen molar-refractivity contribution in [3.05, 3.63) is 84.7 Å². The predicted octanol–water partition coefficient (Wildman–Crippen LogP) is 5.82. The van der Waals surface area contributed by atoms with Crippen LogP contribution in [0.15, 0.2) is 73.1 Å². The van der Waals surface area contributed by atoms with Crippen LogP contribution in [-0.2, 0) is 23.8 Å². The number of aromatic amines is 2. The molecule has 0 aliphatic carbocycles. The number of rotatable bonds is 9. The van der Waals surface area contributed by atoms with Gasteiger partial charge in [-0.15, -0.1) is 0 Å². The summed E-state index contributed by atoms with van der Waals surface area (Å²) in [5.74, 6) is 0.722. The standard InChI is InChI=1S/C41H50N8O7/c1-25(2)35(48-41(53)55-4)39(51)49-20-8-10-34(49)37-43-24-33(45-37)29-17-13-27(14-18-29)26-11-15-28(16-12-26)32-23-42-36(44-32)30-19-22-56-21-7-5-6-9-31(38(50)46-30)47-40(52)54-3/h5,7,11-18,23-25,30-31,34-35H,6,8-10,19-22H2,1-4H3,(H,42,44)(H,43,45)(H,46,50)(H,47,52)(H,48,53)/b7-5-/t30-,31-,34-,35-/m0/s1. The van der Waals surface area contributed by atoms with Gasteiger partial charge in [0.25, 0.3) is 0 Å². The molecule has 4 heterocycles. The fourth-order valence-corrected chi connectivity index (χ4v) is 7.01. The van der Waals surface area contributed by atoms with Crippen molar-refractivity contribution in [2.45, 2.75) is 70.1 Å². The Morgan fingerprint density at radius 2 is 1.43 bits per heavy atom. The first-order valence-corrected chi connectivity index (χ1v) is 19.0. The first-order valence-electron chi connectivity index (χ1n) is 19.0. The van der Waals surface area contributed by atoms with Crippen molar-refractivity contribution in [1.29, 1.82) is 0 Å². The smallest absolute Gasteiger partial charge is 0.407 e. The number of carbonyl (C=O) groups excluding carboxylic acids is 4. The largest absolute Gasteiger partial charge is 0.453 e. The number of aromatic nitrogens is 4. The normalized spacial score (nSPS) is 20.3. The van der Waals surface area contributed by atoms with E-state index in [0.717, 1.165) is 46.5 Å². The molecular formula is C41H50N8O7. The van der Waals surface area contributed by atoms with Gasteiger partial charge in [0.2, 0.25) is 11.8 Å². The van der Waals surface area contributed by atoms with Gasteiger partial charge in [0.05, 0.1) is 56.7 Å². The zero-order valence-electron chi connectivity index (χ0n) is 32.2.